The maximum absolute atomic E-state index is 5.56. The Morgan fingerprint density at radius 2 is 2.00 bits per heavy atom. The number of nitrogen functional groups attached to an aromatic ring is 2. The van der Waals surface area contributed by atoms with Gasteiger partial charge in [0.15, 0.2) is 0 Å². The number of nitrogens with zero attached hydrogens (tertiary/aromatic N) is 3. The lowest BCUT2D eigenvalue weighted by molar-refractivity contribution is 0.931. The molecule has 0 aliphatic carbocycles. The zero-order chi connectivity index (χ0) is 9.97. The Morgan fingerprint density at radius 3 is 2.64 bits per heavy atom. The van der Waals surface area contributed by atoms with E-state index in [0.29, 0.717) is 5.82 Å². The fraction of sp³-hybridized carbons (Fsp3) is 0.500. The molecule has 0 atom stereocenters. The molecule has 0 bridgehead atoms. The van der Waals surface area contributed by atoms with Gasteiger partial charge in [0.25, 0.3) is 0 Å². The molecule has 1 aromatic rings. The summed E-state index contributed by atoms with van der Waals surface area (Å²) in [5.74, 6) is 6.93. The highest BCUT2D eigenvalue weighted by molar-refractivity contribution is 5.52. The lowest BCUT2D eigenvalue weighted by atomic mass is 10.4. The van der Waals surface area contributed by atoms with Crippen LogP contribution in [-0.4, -0.2) is 23.1 Å². The predicted octanol–water partition coefficient (Wildman–Crippen LogP) is -0.0554. The summed E-state index contributed by atoms with van der Waals surface area (Å²) in [6.45, 7) is 2.06. The van der Waals surface area contributed by atoms with Gasteiger partial charge in [-0.25, -0.2) is 5.84 Å². The average Bonchev–Trinajstić information content (AvgIpc) is 2.69. The average molecular weight is 194 g/mol. The molecule has 1 saturated heterocycles. The SMILES string of the molecule is NNc1cc(N2CCCC2)nc(N)n1. The van der Waals surface area contributed by atoms with Crippen molar-refractivity contribution in [3.05, 3.63) is 6.07 Å². The van der Waals surface area contributed by atoms with E-state index < -0.39 is 0 Å². The van der Waals surface area contributed by atoms with E-state index in [9.17, 15) is 0 Å². The Hall–Kier alpha value is -1.56. The molecule has 76 valence electrons. The number of hydrogen-bond acceptors (Lipinski definition) is 6. The zero-order valence-electron chi connectivity index (χ0n) is 7.90. The maximum atomic E-state index is 5.56. The highest BCUT2D eigenvalue weighted by Gasteiger charge is 2.14. The number of nitrogens with two attached hydrogens (primary N) is 2. The summed E-state index contributed by atoms with van der Waals surface area (Å²) in [6.07, 6.45) is 2.41. The van der Waals surface area contributed by atoms with Gasteiger partial charge in [0.2, 0.25) is 5.95 Å². The van der Waals surface area contributed by atoms with Gasteiger partial charge in [-0.05, 0) is 12.8 Å². The standard InChI is InChI=1S/C8H14N6/c9-8-11-6(13-10)5-7(12-8)14-3-1-2-4-14/h5H,1-4,10H2,(H3,9,11,12,13). The van der Waals surface area contributed by atoms with Crippen LogP contribution >= 0.6 is 0 Å². The van der Waals surface area contributed by atoms with Crippen molar-refractivity contribution in [1.29, 1.82) is 0 Å². The molecule has 1 aliphatic heterocycles. The number of hydrazine groups is 1. The molecule has 14 heavy (non-hydrogen) atoms. The molecule has 2 rings (SSSR count). The van der Waals surface area contributed by atoms with E-state index in [1.54, 1.807) is 0 Å². The molecule has 6 nitrogen and oxygen atoms in total. The Balaban J connectivity index is 2.27. The van der Waals surface area contributed by atoms with Gasteiger partial charge >= 0.3 is 0 Å². The van der Waals surface area contributed by atoms with E-state index >= 15 is 0 Å². The second-order valence-corrected chi connectivity index (χ2v) is 3.31. The molecule has 1 aliphatic rings. The van der Waals surface area contributed by atoms with Crippen LogP contribution in [0.25, 0.3) is 0 Å². The maximum Gasteiger partial charge on any atom is 0.223 e. The molecule has 1 fully saturated rings. The lowest BCUT2D eigenvalue weighted by Gasteiger charge is -2.16. The molecule has 5 N–H and O–H groups in total. The van der Waals surface area contributed by atoms with Crippen LogP contribution in [0, 0.1) is 0 Å². The third kappa shape index (κ3) is 1.69. The summed E-state index contributed by atoms with van der Waals surface area (Å²) in [7, 11) is 0. The van der Waals surface area contributed by atoms with Crippen molar-refractivity contribution in [3.63, 3.8) is 0 Å². The summed E-state index contributed by atoms with van der Waals surface area (Å²) in [6, 6.07) is 1.81. The van der Waals surface area contributed by atoms with Crippen molar-refractivity contribution < 1.29 is 0 Å². The molecule has 0 unspecified atom stereocenters. The van der Waals surface area contributed by atoms with Crippen molar-refractivity contribution in [2.24, 2.45) is 5.84 Å². The first-order valence-corrected chi connectivity index (χ1v) is 4.66. The van der Waals surface area contributed by atoms with Gasteiger partial charge in [-0.15, -0.1) is 0 Å². The third-order valence-electron chi connectivity index (χ3n) is 2.31. The van der Waals surface area contributed by atoms with Gasteiger partial charge in [-0.1, -0.05) is 0 Å². The molecular weight excluding hydrogens is 180 g/mol. The minimum atomic E-state index is 0.252. The fourth-order valence-electron chi connectivity index (χ4n) is 1.63. The Bertz CT molecular complexity index is 320. The molecule has 0 saturated carbocycles. The van der Waals surface area contributed by atoms with Crippen LogP contribution in [0.3, 0.4) is 0 Å². The Labute approximate surface area is 82.3 Å². The van der Waals surface area contributed by atoms with E-state index in [2.05, 4.69) is 20.3 Å². The van der Waals surface area contributed by atoms with Crippen LogP contribution in [0.1, 0.15) is 12.8 Å². The van der Waals surface area contributed by atoms with Crippen molar-refractivity contribution in [2.75, 3.05) is 29.1 Å². The van der Waals surface area contributed by atoms with E-state index in [1.165, 1.54) is 12.8 Å². The normalized spacial score (nSPS) is 15.9. The first-order chi connectivity index (χ1) is 6.79. The van der Waals surface area contributed by atoms with Crippen LogP contribution in [0.4, 0.5) is 17.6 Å². The van der Waals surface area contributed by atoms with Crippen LogP contribution < -0.4 is 21.9 Å². The molecule has 2 heterocycles. The van der Waals surface area contributed by atoms with Crippen LogP contribution in [-0.2, 0) is 0 Å². The first-order valence-electron chi connectivity index (χ1n) is 4.66. The van der Waals surface area contributed by atoms with E-state index in [0.717, 1.165) is 18.9 Å². The van der Waals surface area contributed by atoms with Crippen molar-refractivity contribution in [1.82, 2.24) is 9.97 Å². The smallest absolute Gasteiger partial charge is 0.223 e. The van der Waals surface area contributed by atoms with Gasteiger partial charge in [0.05, 0.1) is 0 Å². The first kappa shape index (κ1) is 9.01. The second kappa shape index (κ2) is 3.67. The molecule has 1 aromatic heterocycles. The molecule has 0 aromatic carbocycles. The number of rotatable bonds is 2. The monoisotopic (exact) mass is 194 g/mol. The quantitative estimate of drug-likeness (QED) is 0.451. The number of aromatic nitrogens is 2. The van der Waals surface area contributed by atoms with Crippen LogP contribution in [0.15, 0.2) is 6.07 Å². The third-order valence-corrected chi connectivity index (χ3v) is 2.31. The molecule has 0 radical (unpaired) electrons. The Kier molecular flexibility index (Phi) is 2.36. The molecule has 6 heteroatoms. The number of anilines is 3. The minimum absolute atomic E-state index is 0.252. The number of nitrogens with one attached hydrogen (secondary N) is 1. The van der Waals surface area contributed by atoms with Gasteiger partial charge in [0, 0.05) is 19.2 Å². The highest BCUT2D eigenvalue weighted by Crippen LogP contribution is 2.20. The summed E-state index contributed by atoms with van der Waals surface area (Å²) in [5.41, 5.74) is 8.03. The van der Waals surface area contributed by atoms with Crippen molar-refractivity contribution >= 4 is 17.6 Å². The summed E-state index contributed by atoms with van der Waals surface area (Å²) >= 11 is 0. The number of hydrogen-bond donors (Lipinski definition) is 3. The zero-order valence-corrected chi connectivity index (χ0v) is 7.90. The summed E-state index contributed by atoms with van der Waals surface area (Å²) in [4.78, 5) is 10.3. The van der Waals surface area contributed by atoms with E-state index in [4.69, 9.17) is 11.6 Å². The fourth-order valence-corrected chi connectivity index (χ4v) is 1.63. The summed E-state index contributed by atoms with van der Waals surface area (Å²) < 4.78 is 0. The summed E-state index contributed by atoms with van der Waals surface area (Å²) in [5, 5.41) is 0. The van der Waals surface area contributed by atoms with Crippen molar-refractivity contribution in [3.8, 4) is 0 Å². The highest BCUT2D eigenvalue weighted by atomic mass is 15.3. The largest absolute Gasteiger partial charge is 0.368 e. The molecular formula is C8H14N6. The topological polar surface area (TPSA) is 93.1 Å². The lowest BCUT2D eigenvalue weighted by Crippen LogP contribution is -2.20. The molecule has 0 spiro atoms. The van der Waals surface area contributed by atoms with Crippen molar-refractivity contribution in [2.45, 2.75) is 12.8 Å². The van der Waals surface area contributed by atoms with Gasteiger partial charge in [-0.2, -0.15) is 9.97 Å². The van der Waals surface area contributed by atoms with E-state index in [1.807, 2.05) is 6.07 Å². The van der Waals surface area contributed by atoms with Crippen LogP contribution in [0.5, 0.6) is 0 Å². The predicted molar refractivity (Wildman–Crippen MR) is 55.7 cm³/mol. The van der Waals surface area contributed by atoms with Crippen LogP contribution in [0.2, 0.25) is 0 Å². The van der Waals surface area contributed by atoms with Gasteiger partial charge < -0.3 is 16.1 Å². The van der Waals surface area contributed by atoms with E-state index in [-0.39, 0.29) is 5.95 Å². The second-order valence-electron chi connectivity index (χ2n) is 3.31. The van der Waals surface area contributed by atoms with Gasteiger partial charge in [0.1, 0.15) is 11.6 Å². The molecule has 0 amide bonds. The Morgan fingerprint density at radius 1 is 1.29 bits per heavy atom. The van der Waals surface area contributed by atoms with Gasteiger partial charge in [-0.3, -0.25) is 0 Å². The minimum Gasteiger partial charge on any atom is -0.368 e.